The van der Waals surface area contributed by atoms with Crippen LogP contribution in [0.2, 0.25) is 0 Å². The molecule has 5 nitrogen and oxygen atoms in total. The van der Waals surface area contributed by atoms with Gasteiger partial charge in [-0.1, -0.05) is 31.2 Å². The van der Waals surface area contributed by atoms with Gasteiger partial charge in [-0.3, -0.25) is 9.59 Å². The second-order valence-corrected chi connectivity index (χ2v) is 6.65. The summed E-state index contributed by atoms with van der Waals surface area (Å²) in [6.07, 6.45) is 7.25. The van der Waals surface area contributed by atoms with Crippen molar-refractivity contribution in [2.24, 2.45) is 11.8 Å². The van der Waals surface area contributed by atoms with Crippen molar-refractivity contribution in [1.29, 1.82) is 0 Å². The summed E-state index contributed by atoms with van der Waals surface area (Å²) in [5.74, 6) is 1.15. The maximum absolute atomic E-state index is 12.2. The van der Waals surface area contributed by atoms with Gasteiger partial charge in [-0.25, -0.2) is 0 Å². The van der Waals surface area contributed by atoms with Gasteiger partial charge < -0.3 is 14.8 Å². The van der Waals surface area contributed by atoms with Gasteiger partial charge in [-0.15, -0.1) is 0 Å². The molecule has 1 aromatic rings. The maximum atomic E-state index is 12.2. The zero-order valence-electron chi connectivity index (χ0n) is 15.7. The molecule has 0 saturated carbocycles. The predicted molar refractivity (Wildman–Crippen MR) is 101 cm³/mol. The molecule has 142 valence electrons. The molecule has 2 rings (SSSR count). The zero-order chi connectivity index (χ0) is 18.8. The van der Waals surface area contributed by atoms with Crippen molar-refractivity contribution < 1.29 is 19.1 Å². The molecule has 0 bridgehead atoms. The molecule has 1 amide bonds. The third-order valence-corrected chi connectivity index (χ3v) is 4.65. The molecule has 0 aromatic heterocycles. The highest BCUT2D eigenvalue weighted by Gasteiger charge is 2.20. The number of carbonyl (C=O) groups is 2. The first-order valence-electron chi connectivity index (χ1n) is 9.42. The molecule has 5 heteroatoms. The van der Waals surface area contributed by atoms with Crippen LogP contribution in [-0.4, -0.2) is 31.6 Å². The summed E-state index contributed by atoms with van der Waals surface area (Å²) < 4.78 is 10.9. The third-order valence-electron chi connectivity index (χ3n) is 4.65. The lowest BCUT2D eigenvalue weighted by molar-refractivity contribution is -0.145. The van der Waals surface area contributed by atoms with E-state index in [-0.39, 0.29) is 11.9 Å². The Bertz CT molecular complexity index is 626. The second kappa shape index (κ2) is 10.6. The van der Waals surface area contributed by atoms with E-state index in [9.17, 15) is 9.59 Å². The van der Waals surface area contributed by atoms with Crippen LogP contribution >= 0.6 is 0 Å². The van der Waals surface area contributed by atoms with Crippen molar-refractivity contribution in [1.82, 2.24) is 5.32 Å². The molecule has 1 aromatic carbocycles. The van der Waals surface area contributed by atoms with Crippen molar-refractivity contribution in [3.05, 3.63) is 42.0 Å². The normalized spacial score (nSPS) is 19.0. The van der Waals surface area contributed by atoms with Crippen LogP contribution < -0.4 is 10.1 Å². The molecular formula is C21H29NO4. The number of amides is 1. The van der Waals surface area contributed by atoms with E-state index in [2.05, 4.69) is 24.4 Å². The van der Waals surface area contributed by atoms with E-state index >= 15 is 0 Å². The Morgan fingerprint density at radius 1 is 1.19 bits per heavy atom. The van der Waals surface area contributed by atoms with E-state index in [1.807, 2.05) is 13.0 Å². The molecule has 0 saturated heterocycles. The number of carbonyl (C=O) groups excluding carboxylic acids is 2. The van der Waals surface area contributed by atoms with Crippen molar-refractivity contribution >= 4 is 11.9 Å². The Labute approximate surface area is 155 Å². The van der Waals surface area contributed by atoms with E-state index in [0.717, 1.165) is 12.8 Å². The number of allylic oxidation sites excluding steroid dienone is 2. The number of rotatable bonds is 9. The molecule has 1 aliphatic carbocycles. The average molecular weight is 359 g/mol. The molecule has 0 aliphatic heterocycles. The number of esters is 1. The standard InChI is InChI=1S/C21H29NO4/c1-3-25-19-12-7-6-11-18(19)21(24)22-14-8-13-20(23)26-15-17-10-5-4-9-16(17)2/h4-7,11-12,16-17H,3,8-10,13-15H2,1-2H3,(H,22,24). The first-order chi connectivity index (χ1) is 12.6. The predicted octanol–water partition coefficient (Wildman–Crippen LogP) is 3.74. The highest BCUT2D eigenvalue weighted by atomic mass is 16.5. The van der Waals surface area contributed by atoms with Crippen LogP contribution in [0.15, 0.2) is 36.4 Å². The van der Waals surface area contributed by atoms with Crippen LogP contribution in [0.3, 0.4) is 0 Å². The number of para-hydroxylation sites is 1. The molecule has 2 unspecified atom stereocenters. The van der Waals surface area contributed by atoms with Gasteiger partial charge in [0.1, 0.15) is 5.75 Å². The van der Waals surface area contributed by atoms with Gasteiger partial charge in [0.2, 0.25) is 0 Å². The molecule has 26 heavy (non-hydrogen) atoms. The number of ether oxygens (including phenoxy) is 2. The van der Waals surface area contributed by atoms with Crippen LogP contribution in [0.4, 0.5) is 0 Å². The van der Waals surface area contributed by atoms with Gasteiger partial charge in [0.25, 0.3) is 5.91 Å². The Morgan fingerprint density at radius 3 is 2.73 bits per heavy atom. The van der Waals surface area contributed by atoms with Gasteiger partial charge in [0.05, 0.1) is 18.8 Å². The quantitative estimate of drug-likeness (QED) is 0.414. The molecule has 0 radical (unpaired) electrons. The van der Waals surface area contributed by atoms with Crippen LogP contribution in [0, 0.1) is 11.8 Å². The maximum Gasteiger partial charge on any atom is 0.305 e. The highest BCUT2D eigenvalue weighted by Crippen LogP contribution is 2.25. The Hall–Kier alpha value is -2.30. The summed E-state index contributed by atoms with van der Waals surface area (Å²) in [5, 5.41) is 2.83. The number of hydrogen-bond donors (Lipinski definition) is 1. The van der Waals surface area contributed by atoms with Crippen LogP contribution in [0.1, 0.15) is 49.9 Å². The van der Waals surface area contributed by atoms with E-state index in [1.165, 1.54) is 0 Å². The minimum absolute atomic E-state index is 0.190. The fraction of sp³-hybridized carbons (Fsp3) is 0.524. The summed E-state index contributed by atoms with van der Waals surface area (Å²) in [5.41, 5.74) is 0.510. The molecule has 0 spiro atoms. The molecular weight excluding hydrogens is 330 g/mol. The van der Waals surface area contributed by atoms with Gasteiger partial charge in [-0.2, -0.15) is 0 Å². The van der Waals surface area contributed by atoms with Crippen molar-refractivity contribution in [2.75, 3.05) is 19.8 Å². The second-order valence-electron chi connectivity index (χ2n) is 6.65. The summed E-state index contributed by atoms with van der Waals surface area (Å²) in [6.45, 7) is 5.49. The molecule has 0 fully saturated rings. The zero-order valence-corrected chi connectivity index (χ0v) is 15.7. The number of benzene rings is 1. The Morgan fingerprint density at radius 2 is 1.96 bits per heavy atom. The van der Waals surface area contributed by atoms with Gasteiger partial charge in [0, 0.05) is 13.0 Å². The topological polar surface area (TPSA) is 64.6 Å². The molecule has 1 N–H and O–H groups in total. The van der Waals surface area contributed by atoms with E-state index in [0.29, 0.717) is 55.7 Å². The van der Waals surface area contributed by atoms with Crippen LogP contribution in [0.25, 0.3) is 0 Å². The number of hydrogen-bond acceptors (Lipinski definition) is 4. The first kappa shape index (κ1) is 20.0. The minimum Gasteiger partial charge on any atom is -0.493 e. The average Bonchev–Trinajstić information content (AvgIpc) is 2.65. The van der Waals surface area contributed by atoms with Crippen LogP contribution in [0.5, 0.6) is 5.75 Å². The molecule has 1 aliphatic rings. The lowest BCUT2D eigenvalue weighted by Gasteiger charge is -2.24. The van der Waals surface area contributed by atoms with Crippen molar-refractivity contribution in [2.45, 2.75) is 39.5 Å². The summed E-state index contributed by atoms with van der Waals surface area (Å²) in [6, 6.07) is 7.14. The number of nitrogens with one attached hydrogen (secondary N) is 1. The largest absolute Gasteiger partial charge is 0.493 e. The van der Waals surface area contributed by atoms with Crippen LogP contribution in [-0.2, 0) is 9.53 Å². The summed E-state index contributed by atoms with van der Waals surface area (Å²) >= 11 is 0. The highest BCUT2D eigenvalue weighted by molar-refractivity contribution is 5.96. The minimum atomic E-state index is -0.198. The summed E-state index contributed by atoms with van der Waals surface area (Å²) in [7, 11) is 0. The van der Waals surface area contributed by atoms with Crippen molar-refractivity contribution in [3.63, 3.8) is 0 Å². The Balaban J connectivity index is 1.66. The van der Waals surface area contributed by atoms with Gasteiger partial charge in [-0.05, 0) is 50.2 Å². The molecule has 0 heterocycles. The van der Waals surface area contributed by atoms with E-state index in [4.69, 9.17) is 9.47 Å². The summed E-state index contributed by atoms with van der Waals surface area (Å²) in [4.78, 5) is 24.1. The van der Waals surface area contributed by atoms with Crippen molar-refractivity contribution in [3.8, 4) is 5.75 Å². The fourth-order valence-corrected chi connectivity index (χ4v) is 2.98. The lowest BCUT2D eigenvalue weighted by Crippen LogP contribution is -2.26. The lowest BCUT2D eigenvalue weighted by atomic mass is 9.85. The monoisotopic (exact) mass is 359 g/mol. The van der Waals surface area contributed by atoms with Gasteiger partial charge >= 0.3 is 5.97 Å². The SMILES string of the molecule is CCOc1ccccc1C(=O)NCCCC(=O)OCC1CC=CCC1C. The molecule has 2 atom stereocenters. The first-order valence-corrected chi connectivity index (χ1v) is 9.42. The third kappa shape index (κ3) is 6.21. The smallest absolute Gasteiger partial charge is 0.305 e. The fourth-order valence-electron chi connectivity index (χ4n) is 2.98. The van der Waals surface area contributed by atoms with Gasteiger partial charge in [0.15, 0.2) is 0 Å². The Kier molecular flexibility index (Phi) is 8.19. The van der Waals surface area contributed by atoms with E-state index in [1.54, 1.807) is 18.2 Å². The van der Waals surface area contributed by atoms with E-state index < -0.39 is 0 Å².